The van der Waals surface area contributed by atoms with E-state index in [1.54, 1.807) is 16.8 Å². The van der Waals surface area contributed by atoms with Gasteiger partial charge in [0.15, 0.2) is 17.2 Å². The van der Waals surface area contributed by atoms with Crippen molar-refractivity contribution >= 4 is 5.69 Å². The van der Waals surface area contributed by atoms with E-state index in [1.807, 2.05) is 73.7 Å². The van der Waals surface area contributed by atoms with Crippen LogP contribution in [0.2, 0.25) is 0 Å². The third kappa shape index (κ3) is 2.68. The predicted octanol–water partition coefficient (Wildman–Crippen LogP) is 3.99. The first-order chi connectivity index (χ1) is 14.6. The Morgan fingerprint density at radius 2 is 1.67 bits per heavy atom. The van der Waals surface area contributed by atoms with Gasteiger partial charge in [0, 0.05) is 16.8 Å². The normalized spacial score (nSPS) is 16.7. The highest BCUT2D eigenvalue weighted by Gasteiger charge is 2.37. The van der Waals surface area contributed by atoms with Crippen LogP contribution in [0.4, 0.5) is 5.69 Å². The van der Waals surface area contributed by atoms with Gasteiger partial charge in [-0.15, -0.1) is 0 Å². The molecule has 0 saturated carbocycles. The van der Waals surface area contributed by atoms with E-state index in [9.17, 15) is 4.79 Å². The molecule has 2 heterocycles. The lowest BCUT2D eigenvalue weighted by molar-refractivity contribution is 0.390. The van der Waals surface area contributed by atoms with E-state index in [2.05, 4.69) is 16.4 Å². The van der Waals surface area contributed by atoms with Gasteiger partial charge >= 0.3 is 0 Å². The Bertz CT molecular complexity index is 1350. The van der Waals surface area contributed by atoms with E-state index in [4.69, 9.17) is 10.4 Å². The second-order valence-electron chi connectivity index (χ2n) is 7.30. The number of nitrogens with one attached hydrogen (secondary N) is 1. The SMILES string of the molecule is CC1(c2ccc(C#N)cc2)Nc2ccccc2-c2nc(=O)c(-c3ccccc3)nn21. The van der Waals surface area contributed by atoms with Gasteiger partial charge in [-0.1, -0.05) is 54.6 Å². The van der Waals surface area contributed by atoms with Crippen molar-refractivity contribution in [3.8, 4) is 28.7 Å². The van der Waals surface area contributed by atoms with E-state index in [0.717, 1.165) is 16.8 Å². The summed E-state index contributed by atoms with van der Waals surface area (Å²) < 4.78 is 1.76. The first-order valence-electron chi connectivity index (χ1n) is 9.56. The maximum Gasteiger partial charge on any atom is 0.300 e. The third-order valence-corrected chi connectivity index (χ3v) is 5.40. The molecule has 0 aliphatic carbocycles. The fraction of sp³-hybridized carbons (Fsp3) is 0.0833. The van der Waals surface area contributed by atoms with Crippen LogP contribution in [0.3, 0.4) is 0 Å². The first-order valence-corrected chi connectivity index (χ1v) is 9.56. The highest BCUT2D eigenvalue weighted by atomic mass is 16.1. The van der Waals surface area contributed by atoms with Crippen molar-refractivity contribution in [1.29, 1.82) is 5.26 Å². The fourth-order valence-electron chi connectivity index (χ4n) is 3.82. The number of hydrogen-bond acceptors (Lipinski definition) is 5. The van der Waals surface area contributed by atoms with Gasteiger partial charge in [0.1, 0.15) is 0 Å². The van der Waals surface area contributed by atoms with Crippen molar-refractivity contribution < 1.29 is 0 Å². The van der Waals surface area contributed by atoms with Crippen molar-refractivity contribution in [2.75, 3.05) is 5.32 Å². The maximum absolute atomic E-state index is 12.9. The van der Waals surface area contributed by atoms with Gasteiger partial charge in [-0.25, -0.2) is 4.68 Å². The number of aromatic nitrogens is 3. The van der Waals surface area contributed by atoms with Gasteiger partial charge in [-0.05, 0) is 36.8 Å². The Balaban J connectivity index is 1.80. The molecule has 144 valence electrons. The van der Waals surface area contributed by atoms with Crippen LogP contribution in [0.15, 0.2) is 83.7 Å². The Hall–Kier alpha value is -4.24. The average Bonchev–Trinajstić information content (AvgIpc) is 2.79. The van der Waals surface area contributed by atoms with Crippen LogP contribution in [0.25, 0.3) is 22.6 Å². The molecule has 6 nitrogen and oxygen atoms in total. The number of nitrogens with zero attached hydrogens (tertiary/aromatic N) is 4. The minimum atomic E-state index is -0.804. The van der Waals surface area contributed by atoms with Crippen LogP contribution < -0.4 is 10.9 Å². The zero-order valence-electron chi connectivity index (χ0n) is 16.2. The first kappa shape index (κ1) is 17.8. The van der Waals surface area contributed by atoms with Crippen LogP contribution in [-0.4, -0.2) is 14.8 Å². The molecule has 1 N–H and O–H groups in total. The van der Waals surface area contributed by atoms with Gasteiger partial charge in [0.05, 0.1) is 11.6 Å². The molecular formula is C24H17N5O. The van der Waals surface area contributed by atoms with Crippen molar-refractivity contribution in [3.63, 3.8) is 0 Å². The van der Waals surface area contributed by atoms with Crippen LogP contribution in [0.1, 0.15) is 18.1 Å². The number of hydrogen-bond donors (Lipinski definition) is 1. The number of fused-ring (bicyclic) bond motifs is 3. The molecule has 1 aromatic heterocycles. The van der Waals surface area contributed by atoms with E-state index in [-0.39, 0.29) is 5.56 Å². The van der Waals surface area contributed by atoms with E-state index >= 15 is 0 Å². The quantitative estimate of drug-likeness (QED) is 0.559. The molecule has 1 unspecified atom stereocenters. The zero-order chi connectivity index (χ0) is 20.7. The molecular weight excluding hydrogens is 374 g/mol. The molecule has 0 radical (unpaired) electrons. The summed E-state index contributed by atoms with van der Waals surface area (Å²) in [6.07, 6.45) is 0. The Kier molecular flexibility index (Phi) is 3.97. The summed E-state index contributed by atoms with van der Waals surface area (Å²) in [5, 5.41) is 17.5. The van der Waals surface area contributed by atoms with E-state index < -0.39 is 5.66 Å². The van der Waals surface area contributed by atoms with Gasteiger partial charge in [0.2, 0.25) is 0 Å². The summed E-state index contributed by atoms with van der Waals surface area (Å²) in [6.45, 7) is 1.99. The van der Waals surface area contributed by atoms with Crippen LogP contribution in [-0.2, 0) is 5.66 Å². The minimum absolute atomic E-state index is 0.292. The summed E-state index contributed by atoms with van der Waals surface area (Å²) in [4.78, 5) is 17.3. The number of rotatable bonds is 2. The second kappa shape index (κ2) is 6.68. The molecule has 4 aromatic rings. The van der Waals surface area contributed by atoms with E-state index in [0.29, 0.717) is 22.6 Å². The highest BCUT2D eigenvalue weighted by Crippen LogP contribution is 2.39. The Morgan fingerprint density at radius 3 is 2.40 bits per heavy atom. The van der Waals surface area contributed by atoms with Gasteiger partial charge in [-0.2, -0.15) is 15.3 Å². The average molecular weight is 391 g/mol. The van der Waals surface area contributed by atoms with Crippen LogP contribution in [0, 0.1) is 11.3 Å². The fourth-order valence-corrected chi connectivity index (χ4v) is 3.82. The van der Waals surface area contributed by atoms with Crippen LogP contribution >= 0.6 is 0 Å². The molecule has 1 atom stereocenters. The minimum Gasteiger partial charge on any atom is -0.357 e. The Morgan fingerprint density at radius 1 is 0.967 bits per heavy atom. The molecule has 1 aliphatic rings. The molecule has 6 heteroatoms. The third-order valence-electron chi connectivity index (χ3n) is 5.40. The lowest BCUT2D eigenvalue weighted by Crippen LogP contribution is -2.46. The summed E-state index contributed by atoms with van der Waals surface area (Å²) in [7, 11) is 0. The maximum atomic E-state index is 12.9. The zero-order valence-corrected chi connectivity index (χ0v) is 16.2. The predicted molar refractivity (Wildman–Crippen MR) is 115 cm³/mol. The topological polar surface area (TPSA) is 83.6 Å². The van der Waals surface area contributed by atoms with Gasteiger partial charge in [0.25, 0.3) is 5.56 Å². The molecule has 0 amide bonds. The molecule has 5 rings (SSSR count). The summed E-state index contributed by atoms with van der Waals surface area (Å²) in [5.41, 5.74) is 2.99. The largest absolute Gasteiger partial charge is 0.357 e. The highest BCUT2D eigenvalue weighted by molar-refractivity contribution is 5.77. The number of nitriles is 1. The van der Waals surface area contributed by atoms with Crippen molar-refractivity contribution in [1.82, 2.24) is 14.8 Å². The molecule has 0 spiro atoms. The van der Waals surface area contributed by atoms with Crippen molar-refractivity contribution in [2.45, 2.75) is 12.6 Å². The van der Waals surface area contributed by atoms with E-state index in [1.165, 1.54) is 0 Å². The molecule has 3 aromatic carbocycles. The van der Waals surface area contributed by atoms with Gasteiger partial charge in [-0.3, -0.25) is 4.79 Å². The monoisotopic (exact) mass is 391 g/mol. The number of benzene rings is 3. The molecule has 0 bridgehead atoms. The lowest BCUT2D eigenvalue weighted by atomic mass is 9.95. The Labute approximate surface area is 173 Å². The number of para-hydroxylation sites is 1. The smallest absolute Gasteiger partial charge is 0.300 e. The summed E-state index contributed by atoms with van der Waals surface area (Å²) >= 11 is 0. The summed E-state index contributed by atoms with van der Waals surface area (Å²) in [6, 6.07) is 26.5. The molecule has 1 aliphatic heterocycles. The van der Waals surface area contributed by atoms with Crippen molar-refractivity contribution in [2.24, 2.45) is 0 Å². The molecule has 0 fully saturated rings. The second-order valence-corrected chi connectivity index (χ2v) is 7.30. The summed E-state index contributed by atoms with van der Waals surface area (Å²) in [5.74, 6) is 0.501. The van der Waals surface area contributed by atoms with Gasteiger partial charge < -0.3 is 5.32 Å². The number of anilines is 1. The van der Waals surface area contributed by atoms with Crippen molar-refractivity contribution in [3.05, 3.63) is 100 Å². The van der Waals surface area contributed by atoms with Crippen LogP contribution in [0.5, 0.6) is 0 Å². The lowest BCUT2D eigenvalue weighted by Gasteiger charge is -2.39. The molecule has 30 heavy (non-hydrogen) atoms. The molecule has 0 saturated heterocycles. The standard InChI is InChI=1S/C24H17N5O/c1-24(18-13-11-16(15-25)12-14-18)27-20-10-6-5-9-19(20)22-26-23(30)21(28-29(22)24)17-7-3-2-4-8-17/h2-14,27H,1H3.